The highest BCUT2D eigenvalue weighted by Gasteiger charge is 2.33. The molecule has 1 saturated carbocycles. The Morgan fingerprint density at radius 2 is 1.77 bits per heavy atom. The average Bonchev–Trinajstić information content (AvgIpc) is 3.48. The van der Waals surface area contributed by atoms with E-state index in [0.717, 1.165) is 43.2 Å². The Morgan fingerprint density at radius 3 is 2.42 bits per heavy atom. The molecule has 0 radical (unpaired) electrons. The number of hydrogen-bond donors (Lipinski definition) is 0. The molecule has 2 atom stereocenters. The fraction of sp³-hybridized carbons (Fsp3) is 0.360. The molecule has 0 bridgehead atoms. The quantitative estimate of drug-likeness (QED) is 0.489. The van der Waals surface area contributed by atoms with E-state index < -0.39 is 0 Å². The van der Waals surface area contributed by atoms with E-state index in [1.807, 2.05) is 48.3 Å². The molecule has 31 heavy (non-hydrogen) atoms. The number of benzene rings is 2. The summed E-state index contributed by atoms with van der Waals surface area (Å²) in [6.45, 7) is 9.15. The zero-order valence-corrected chi connectivity index (χ0v) is 17.9. The van der Waals surface area contributed by atoms with Crippen molar-refractivity contribution >= 4 is 11.6 Å². The van der Waals surface area contributed by atoms with E-state index in [1.54, 1.807) is 12.1 Å². The van der Waals surface area contributed by atoms with E-state index in [0.29, 0.717) is 23.0 Å². The second-order valence-electron chi connectivity index (χ2n) is 8.10. The minimum absolute atomic E-state index is 0.0257. The number of nitrogens with zero attached hydrogens (tertiary/aromatic N) is 4. The van der Waals surface area contributed by atoms with E-state index in [1.165, 1.54) is 0 Å². The zero-order valence-electron chi connectivity index (χ0n) is 17.9. The predicted molar refractivity (Wildman–Crippen MR) is 119 cm³/mol. The van der Waals surface area contributed by atoms with Crippen LogP contribution in [-0.4, -0.2) is 34.1 Å². The van der Waals surface area contributed by atoms with Crippen molar-refractivity contribution in [2.75, 3.05) is 7.05 Å². The van der Waals surface area contributed by atoms with Crippen LogP contribution in [0.15, 0.2) is 52.9 Å². The van der Waals surface area contributed by atoms with Crippen molar-refractivity contribution < 1.29 is 9.21 Å². The molecule has 4 rings (SSSR count). The summed E-state index contributed by atoms with van der Waals surface area (Å²) in [7, 11) is 1.88. The molecule has 1 heterocycles. The third-order valence-corrected chi connectivity index (χ3v) is 6.03. The lowest BCUT2D eigenvalue weighted by Gasteiger charge is -2.24. The Hall–Kier alpha value is -3.46. The van der Waals surface area contributed by atoms with Gasteiger partial charge in [0.15, 0.2) is 5.69 Å². The number of amides is 1. The maximum Gasteiger partial charge on any atom is 0.253 e. The van der Waals surface area contributed by atoms with Crippen LogP contribution in [0.5, 0.6) is 0 Å². The summed E-state index contributed by atoms with van der Waals surface area (Å²) < 4.78 is 5.81. The third kappa shape index (κ3) is 4.51. The van der Waals surface area contributed by atoms with E-state index >= 15 is 0 Å². The summed E-state index contributed by atoms with van der Waals surface area (Å²) in [6, 6.07) is 15.3. The first-order chi connectivity index (χ1) is 15.1. The average molecular weight is 415 g/mol. The minimum Gasteiger partial charge on any atom is -0.425 e. The first kappa shape index (κ1) is 20.8. The van der Waals surface area contributed by atoms with Crippen LogP contribution in [0.1, 0.15) is 60.7 Å². The molecule has 6 nitrogen and oxygen atoms in total. The van der Waals surface area contributed by atoms with Crippen molar-refractivity contribution in [2.24, 2.45) is 0 Å². The molecule has 158 valence electrons. The van der Waals surface area contributed by atoms with Crippen molar-refractivity contribution in [3.8, 4) is 11.1 Å². The van der Waals surface area contributed by atoms with Gasteiger partial charge in [-0.1, -0.05) is 43.3 Å². The van der Waals surface area contributed by atoms with Crippen LogP contribution in [0, 0.1) is 6.57 Å². The number of aromatic nitrogens is 2. The van der Waals surface area contributed by atoms with Crippen LogP contribution >= 0.6 is 0 Å². The lowest BCUT2D eigenvalue weighted by molar-refractivity contribution is 0.0733. The van der Waals surface area contributed by atoms with Gasteiger partial charge in [-0.05, 0) is 48.9 Å². The highest BCUT2D eigenvalue weighted by Crippen LogP contribution is 2.36. The van der Waals surface area contributed by atoms with Gasteiger partial charge in [0.25, 0.3) is 5.91 Å². The topological polar surface area (TPSA) is 63.6 Å². The number of aryl methyl sites for hydroxylation is 1. The van der Waals surface area contributed by atoms with Crippen molar-refractivity contribution in [3.63, 3.8) is 0 Å². The highest BCUT2D eigenvalue weighted by atomic mass is 16.4. The van der Waals surface area contributed by atoms with Crippen LogP contribution in [0.2, 0.25) is 0 Å². The smallest absolute Gasteiger partial charge is 0.253 e. The van der Waals surface area contributed by atoms with Gasteiger partial charge in [0.2, 0.25) is 11.8 Å². The first-order valence-electron chi connectivity index (χ1n) is 10.8. The summed E-state index contributed by atoms with van der Waals surface area (Å²) in [5, 5.41) is 8.36. The molecular formula is C25H26N4O2. The van der Waals surface area contributed by atoms with Gasteiger partial charge in [-0.25, -0.2) is 4.85 Å². The van der Waals surface area contributed by atoms with Crippen LogP contribution in [0.3, 0.4) is 0 Å². The van der Waals surface area contributed by atoms with Gasteiger partial charge < -0.3 is 9.32 Å². The largest absolute Gasteiger partial charge is 0.425 e. The van der Waals surface area contributed by atoms with Crippen molar-refractivity contribution in [1.82, 2.24) is 15.1 Å². The molecule has 0 aliphatic heterocycles. The Labute approximate surface area is 182 Å². The molecular weight excluding hydrogens is 388 g/mol. The molecule has 2 aromatic carbocycles. The molecule has 0 saturated heterocycles. The standard InChI is InChI=1S/C25H26N4O2/c1-4-5-23-27-28-24(31-23)20-12-15-22(16-20)29(3)25(30)19-8-6-17(7-9-19)18-10-13-21(26-2)14-11-18/h6-11,13-14,20,22H,4-5,12,15-16H2,1,3H3/t20-,22+/m0/s1. The van der Waals surface area contributed by atoms with Gasteiger partial charge in [0.1, 0.15) is 0 Å². The van der Waals surface area contributed by atoms with Crippen LogP contribution in [0.4, 0.5) is 5.69 Å². The van der Waals surface area contributed by atoms with E-state index in [-0.39, 0.29) is 17.9 Å². The van der Waals surface area contributed by atoms with Gasteiger partial charge >= 0.3 is 0 Å². The van der Waals surface area contributed by atoms with E-state index in [4.69, 9.17) is 11.0 Å². The molecule has 1 aromatic heterocycles. The summed E-state index contributed by atoms with van der Waals surface area (Å²) in [5.41, 5.74) is 3.35. The molecule has 1 amide bonds. The van der Waals surface area contributed by atoms with Gasteiger partial charge in [-0.3, -0.25) is 4.79 Å². The molecule has 1 aliphatic carbocycles. The van der Waals surface area contributed by atoms with Crippen molar-refractivity contribution in [3.05, 3.63) is 77.3 Å². The highest BCUT2D eigenvalue weighted by molar-refractivity contribution is 5.94. The van der Waals surface area contributed by atoms with Gasteiger partial charge in [0, 0.05) is 31.0 Å². The summed E-state index contributed by atoms with van der Waals surface area (Å²) in [4.78, 5) is 18.3. The first-order valence-corrected chi connectivity index (χ1v) is 10.8. The van der Waals surface area contributed by atoms with Gasteiger partial charge in [0.05, 0.1) is 6.57 Å². The molecule has 0 N–H and O–H groups in total. The summed E-state index contributed by atoms with van der Waals surface area (Å²) in [5.74, 6) is 1.66. The third-order valence-electron chi connectivity index (χ3n) is 6.03. The van der Waals surface area contributed by atoms with E-state index in [2.05, 4.69) is 22.0 Å². The molecule has 1 aliphatic rings. The number of carbonyl (C=O) groups is 1. The Morgan fingerprint density at radius 1 is 1.10 bits per heavy atom. The maximum absolute atomic E-state index is 13.0. The maximum atomic E-state index is 13.0. The lowest BCUT2D eigenvalue weighted by Crippen LogP contribution is -2.35. The summed E-state index contributed by atoms with van der Waals surface area (Å²) >= 11 is 0. The monoisotopic (exact) mass is 414 g/mol. The molecule has 6 heteroatoms. The molecule has 0 spiro atoms. The van der Waals surface area contributed by atoms with Gasteiger partial charge in [-0.2, -0.15) is 0 Å². The minimum atomic E-state index is 0.0257. The van der Waals surface area contributed by atoms with Crippen LogP contribution in [0.25, 0.3) is 16.0 Å². The molecule has 3 aromatic rings. The van der Waals surface area contributed by atoms with Crippen molar-refractivity contribution in [1.29, 1.82) is 0 Å². The second-order valence-corrected chi connectivity index (χ2v) is 8.10. The fourth-order valence-corrected chi connectivity index (χ4v) is 4.18. The Kier molecular flexibility index (Phi) is 6.13. The number of rotatable bonds is 6. The Balaban J connectivity index is 1.40. The molecule has 1 fully saturated rings. The van der Waals surface area contributed by atoms with E-state index in [9.17, 15) is 4.79 Å². The van der Waals surface area contributed by atoms with Crippen LogP contribution in [-0.2, 0) is 6.42 Å². The fourth-order valence-electron chi connectivity index (χ4n) is 4.18. The predicted octanol–water partition coefficient (Wildman–Crippen LogP) is 5.65. The second kappa shape index (κ2) is 9.13. The zero-order chi connectivity index (χ0) is 21.8. The van der Waals surface area contributed by atoms with Gasteiger partial charge in [-0.15, -0.1) is 10.2 Å². The molecule has 0 unspecified atom stereocenters. The SMILES string of the molecule is [C-]#[N+]c1ccc(-c2ccc(C(=O)N(C)[C@@H]3CC[C@H](c4nnc(CCC)o4)C3)cc2)cc1. The Bertz CT molecular complexity index is 1080. The number of hydrogen-bond acceptors (Lipinski definition) is 4. The van der Waals surface area contributed by atoms with Crippen LogP contribution < -0.4 is 0 Å². The normalized spacial score (nSPS) is 18.0. The lowest BCUT2D eigenvalue weighted by atomic mass is 10.0. The van der Waals surface area contributed by atoms with Crippen molar-refractivity contribution in [2.45, 2.75) is 51.0 Å². The number of carbonyl (C=O) groups excluding carboxylic acids is 1. The summed E-state index contributed by atoms with van der Waals surface area (Å²) in [6.07, 6.45) is 4.53.